The maximum absolute atomic E-state index is 5.94. The summed E-state index contributed by atoms with van der Waals surface area (Å²) in [5.74, 6) is 0. The molecule has 4 heteroatoms. The lowest BCUT2D eigenvalue weighted by molar-refractivity contribution is 0.475. The van der Waals surface area contributed by atoms with E-state index in [4.69, 9.17) is 11.6 Å². The molecule has 1 aromatic carbocycles. The van der Waals surface area contributed by atoms with Gasteiger partial charge >= 0.3 is 0 Å². The molecule has 1 heterocycles. The summed E-state index contributed by atoms with van der Waals surface area (Å²) < 4.78 is 2.08. The van der Waals surface area contributed by atoms with E-state index in [1.54, 1.807) is 6.20 Å². The highest BCUT2D eigenvalue weighted by atomic mass is 35.5. The summed E-state index contributed by atoms with van der Waals surface area (Å²) in [5.41, 5.74) is 2.52. The smallest absolute Gasteiger partial charge is 0.0946 e. The number of benzene rings is 1. The van der Waals surface area contributed by atoms with Crippen LogP contribution in [0.4, 0.5) is 0 Å². The summed E-state index contributed by atoms with van der Waals surface area (Å²) in [4.78, 5) is 4.04. The van der Waals surface area contributed by atoms with Gasteiger partial charge in [-0.1, -0.05) is 17.7 Å². The highest BCUT2D eigenvalue weighted by Gasteiger charge is 2.04. The molecule has 18 heavy (non-hydrogen) atoms. The van der Waals surface area contributed by atoms with Crippen molar-refractivity contribution in [1.82, 2.24) is 14.9 Å². The molecule has 2 rings (SSSR count). The molecule has 96 valence electrons. The van der Waals surface area contributed by atoms with Gasteiger partial charge in [-0.25, -0.2) is 4.98 Å². The Morgan fingerprint density at radius 2 is 2.28 bits per heavy atom. The minimum absolute atomic E-state index is 0.397. The number of halogens is 1. The first-order chi connectivity index (χ1) is 8.65. The van der Waals surface area contributed by atoms with Gasteiger partial charge in [0.1, 0.15) is 0 Å². The van der Waals surface area contributed by atoms with Crippen LogP contribution in [0.2, 0.25) is 5.02 Å². The lowest BCUT2D eigenvalue weighted by Crippen LogP contribution is -2.29. The maximum Gasteiger partial charge on any atom is 0.0946 e. The molecule has 0 spiro atoms. The third kappa shape index (κ3) is 3.59. The number of aryl methyl sites for hydroxylation is 1. The summed E-state index contributed by atoms with van der Waals surface area (Å²) in [5, 5.41) is 4.30. The zero-order valence-corrected chi connectivity index (χ0v) is 11.5. The number of hydrogen-bond acceptors (Lipinski definition) is 2. The lowest BCUT2D eigenvalue weighted by Gasteiger charge is -2.15. The van der Waals surface area contributed by atoms with Crippen molar-refractivity contribution in [2.24, 2.45) is 0 Å². The van der Waals surface area contributed by atoms with Gasteiger partial charge in [0.2, 0.25) is 0 Å². The van der Waals surface area contributed by atoms with Gasteiger partial charge in [0.15, 0.2) is 0 Å². The fraction of sp³-hybridized carbons (Fsp3) is 0.357. The van der Waals surface area contributed by atoms with Crippen LogP contribution < -0.4 is 5.32 Å². The molecule has 0 saturated carbocycles. The Morgan fingerprint density at radius 1 is 1.44 bits per heavy atom. The fourth-order valence-electron chi connectivity index (χ4n) is 1.92. The molecule has 0 amide bonds. The Balaban J connectivity index is 1.87. The van der Waals surface area contributed by atoms with Crippen molar-refractivity contribution in [2.75, 3.05) is 0 Å². The first-order valence-corrected chi connectivity index (χ1v) is 6.47. The fourth-order valence-corrected chi connectivity index (χ4v) is 2.14. The molecule has 0 bridgehead atoms. The average molecular weight is 264 g/mol. The van der Waals surface area contributed by atoms with Crippen LogP contribution in [0.25, 0.3) is 0 Å². The van der Waals surface area contributed by atoms with Crippen LogP contribution >= 0.6 is 11.6 Å². The van der Waals surface area contributed by atoms with Crippen molar-refractivity contribution in [2.45, 2.75) is 33.0 Å². The molecular formula is C14H18ClN3. The SMILES string of the molecule is Cc1cc(Cl)ccc1CNC(C)Cn1ccnc1. The molecular weight excluding hydrogens is 246 g/mol. The summed E-state index contributed by atoms with van der Waals surface area (Å²) in [6, 6.07) is 6.41. The minimum Gasteiger partial charge on any atom is -0.336 e. The Bertz CT molecular complexity index is 494. The lowest BCUT2D eigenvalue weighted by atomic mass is 10.1. The first-order valence-electron chi connectivity index (χ1n) is 6.09. The molecule has 3 nitrogen and oxygen atoms in total. The molecule has 1 aromatic heterocycles. The molecule has 0 aliphatic carbocycles. The third-order valence-electron chi connectivity index (χ3n) is 2.99. The number of hydrogen-bond donors (Lipinski definition) is 1. The zero-order valence-electron chi connectivity index (χ0n) is 10.7. The predicted molar refractivity (Wildman–Crippen MR) is 74.7 cm³/mol. The first kappa shape index (κ1) is 13.1. The van der Waals surface area contributed by atoms with E-state index >= 15 is 0 Å². The van der Waals surface area contributed by atoms with Crippen molar-refractivity contribution in [1.29, 1.82) is 0 Å². The second-order valence-corrected chi connectivity index (χ2v) is 5.05. The van der Waals surface area contributed by atoms with Crippen molar-refractivity contribution in [3.63, 3.8) is 0 Å². The quantitative estimate of drug-likeness (QED) is 0.899. The zero-order chi connectivity index (χ0) is 13.0. The van der Waals surface area contributed by atoms with Gasteiger partial charge in [0, 0.05) is 36.5 Å². The van der Waals surface area contributed by atoms with Crippen molar-refractivity contribution in [3.8, 4) is 0 Å². The molecule has 0 aliphatic heterocycles. The minimum atomic E-state index is 0.397. The van der Waals surface area contributed by atoms with E-state index in [0.717, 1.165) is 18.1 Å². The van der Waals surface area contributed by atoms with Crippen molar-refractivity contribution >= 4 is 11.6 Å². The Hall–Kier alpha value is -1.32. The molecule has 0 saturated heterocycles. The summed E-state index contributed by atoms with van der Waals surface area (Å²) in [7, 11) is 0. The van der Waals surface area contributed by atoms with Crippen LogP contribution in [0.1, 0.15) is 18.1 Å². The standard InChI is InChI=1S/C14H18ClN3/c1-11-7-14(15)4-3-13(11)8-17-12(2)9-18-6-5-16-10-18/h3-7,10,12,17H,8-9H2,1-2H3. The molecule has 0 fully saturated rings. The second-order valence-electron chi connectivity index (χ2n) is 4.61. The monoisotopic (exact) mass is 263 g/mol. The van der Waals surface area contributed by atoms with Crippen LogP contribution in [0.3, 0.4) is 0 Å². The number of aromatic nitrogens is 2. The highest BCUT2D eigenvalue weighted by Crippen LogP contribution is 2.15. The van der Waals surface area contributed by atoms with Crippen LogP contribution in [-0.4, -0.2) is 15.6 Å². The average Bonchev–Trinajstić information content (AvgIpc) is 2.80. The molecule has 2 aromatic rings. The topological polar surface area (TPSA) is 29.9 Å². The Kier molecular flexibility index (Phi) is 4.39. The Labute approximate surface area is 113 Å². The number of rotatable bonds is 5. The molecule has 0 aliphatic rings. The van der Waals surface area contributed by atoms with E-state index < -0.39 is 0 Å². The van der Waals surface area contributed by atoms with E-state index in [-0.39, 0.29) is 0 Å². The van der Waals surface area contributed by atoms with Gasteiger partial charge in [0.05, 0.1) is 6.33 Å². The van der Waals surface area contributed by atoms with Gasteiger partial charge < -0.3 is 9.88 Å². The largest absolute Gasteiger partial charge is 0.336 e. The van der Waals surface area contributed by atoms with Gasteiger partial charge in [-0.05, 0) is 37.1 Å². The second kappa shape index (κ2) is 6.03. The summed E-state index contributed by atoms with van der Waals surface area (Å²) in [6.07, 6.45) is 5.62. The van der Waals surface area contributed by atoms with Gasteiger partial charge in [-0.2, -0.15) is 0 Å². The van der Waals surface area contributed by atoms with Crippen molar-refractivity contribution < 1.29 is 0 Å². The Morgan fingerprint density at radius 3 is 2.94 bits per heavy atom. The molecule has 1 atom stereocenters. The van der Waals surface area contributed by atoms with E-state index in [0.29, 0.717) is 6.04 Å². The van der Waals surface area contributed by atoms with Gasteiger partial charge in [0.25, 0.3) is 0 Å². The molecule has 1 unspecified atom stereocenters. The predicted octanol–water partition coefficient (Wildman–Crippen LogP) is 3.02. The van der Waals surface area contributed by atoms with Crippen molar-refractivity contribution in [3.05, 3.63) is 53.1 Å². The van der Waals surface area contributed by atoms with E-state index in [1.165, 1.54) is 11.1 Å². The van der Waals surface area contributed by atoms with Gasteiger partial charge in [-0.15, -0.1) is 0 Å². The number of nitrogens with one attached hydrogen (secondary N) is 1. The molecule has 0 radical (unpaired) electrons. The summed E-state index contributed by atoms with van der Waals surface area (Å²) in [6.45, 7) is 6.04. The van der Waals surface area contributed by atoms with Gasteiger partial charge in [-0.3, -0.25) is 0 Å². The van der Waals surface area contributed by atoms with Crippen LogP contribution in [0.15, 0.2) is 36.9 Å². The highest BCUT2D eigenvalue weighted by molar-refractivity contribution is 6.30. The van der Waals surface area contributed by atoms with Crippen LogP contribution in [0, 0.1) is 6.92 Å². The van der Waals surface area contributed by atoms with E-state index in [2.05, 4.69) is 34.8 Å². The van der Waals surface area contributed by atoms with E-state index in [9.17, 15) is 0 Å². The number of nitrogens with zero attached hydrogens (tertiary/aromatic N) is 2. The van der Waals surface area contributed by atoms with Crippen LogP contribution in [0.5, 0.6) is 0 Å². The maximum atomic E-state index is 5.94. The number of imidazole rings is 1. The molecule has 1 N–H and O–H groups in total. The van der Waals surface area contributed by atoms with E-state index in [1.807, 2.05) is 24.7 Å². The normalized spacial score (nSPS) is 12.6. The summed E-state index contributed by atoms with van der Waals surface area (Å²) >= 11 is 5.94. The third-order valence-corrected chi connectivity index (χ3v) is 3.22. The van der Waals surface area contributed by atoms with Crippen LogP contribution in [-0.2, 0) is 13.1 Å².